The molecule has 0 fully saturated rings. The molecule has 92 valence electrons. The van der Waals surface area contributed by atoms with Crippen LogP contribution in [0.1, 0.15) is 13.8 Å². The van der Waals surface area contributed by atoms with Gasteiger partial charge in [0.15, 0.2) is 5.52 Å². The van der Waals surface area contributed by atoms with E-state index in [0.29, 0.717) is 11.2 Å². The lowest BCUT2D eigenvalue weighted by molar-refractivity contribution is -0.382. The molecule has 0 unspecified atom stereocenters. The molecule has 0 atom stereocenters. The molecule has 1 aromatic heterocycles. The summed E-state index contributed by atoms with van der Waals surface area (Å²) in [5.41, 5.74) is 1.68. The van der Waals surface area contributed by atoms with E-state index in [4.69, 9.17) is 6.42 Å². The fraction of sp³-hybridized carbons (Fsp3) is 0.250. The number of nitrogens with one attached hydrogen (secondary N) is 1. The van der Waals surface area contributed by atoms with E-state index >= 15 is 0 Å². The van der Waals surface area contributed by atoms with Crippen molar-refractivity contribution in [1.29, 1.82) is 0 Å². The van der Waals surface area contributed by atoms with Gasteiger partial charge < -0.3 is 5.32 Å². The second-order valence-electron chi connectivity index (χ2n) is 4.31. The Bertz CT molecular complexity index is 655. The van der Waals surface area contributed by atoms with Crippen molar-refractivity contribution in [2.45, 2.75) is 19.4 Å². The molecule has 1 heterocycles. The van der Waals surface area contributed by atoms with Crippen LogP contribution in [0.25, 0.3) is 10.2 Å². The highest BCUT2D eigenvalue weighted by molar-refractivity contribution is 7.16. The van der Waals surface area contributed by atoms with E-state index in [-0.39, 0.29) is 5.69 Å². The van der Waals surface area contributed by atoms with Gasteiger partial charge in [0, 0.05) is 0 Å². The van der Waals surface area contributed by atoms with Crippen LogP contribution in [0.5, 0.6) is 0 Å². The van der Waals surface area contributed by atoms with Crippen molar-refractivity contribution in [3.05, 3.63) is 27.8 Å². The van der Waals surface area contributed by atoms with Crippen LogP contribution >= 0.6 is 11.3 Å². The number of aromatic nitrogens is 1. The number of nitro groups is 1. The van der Waals surface area contributed by atoms with Crippen molar-refractivity contribution in [3.8, 4) is 12.3 Å². The number of nitrogens with zero attached hydrogens (tertiary/aromatic N) is 2. The molecule has 5 nitrogen and oxygen atoms in total. The predicted octanol–water partition coefficient (Wildman–Crippen LogP) is 3.03. The van der Waals surface area contributed by atoms with Gasteiger partial charge in [0.05, 0.1) is 20.7 Å². The number of rotatable bonds is 3. The van der Waals surface area contributed by atoms with Gasteiger partial charge in [-0.3, -0.25) is 10.1 Å². The normalized spacial score (nSPS) is 11.2. The highest BCUT2D eigenvalue weighted by Crippen LogP contribution is 2.35. The fourth-order valence-corrected chi connectivity index (χ4v) is 2.25. The second-order valence-corrected chi connectivity index (χ2v) is 5.20. The molecule has 2 aromatic rings. The third-order valence-electron chi connectivity index (χ3n) is 2.47. The number of terminal acetylenes is 1. The number of hydrogen-bond donors (Lipinski definition) is 1. The summed E-state index contributed by atoms with van der Waals surface area (Å²) in [5.74, 6) is 2.55. The van der Waals surface area contributed by atoms with Crippen LogP contribution in [0.2, 0.25) is 0 Å². The summed E-state index contributed by atoms with van der Waals surface area (Å²) >= 11 is 1.37. The molecular weight excluding hydrogens is 250 g/mol. The summed E-state index contributed by atoms with van der Waals surface area (Å²) in [6.45, 7) is 3.56. The fourth-order valence-electron chi connectivity index (χ4n) is 1.58. The summed E-state index contributed by atoms with van der Waals surface area (Å²) in [6.07, 6.45) is 5.38. The van der Waals surface area contributed by atoms with Gasteiger partial charge in [-0.1, -0.05) is 5.92 Å². The lowest BCUT2D eigenvalue weighted by Crippen LogP contribution is -2.28. The average Bonchev–Trinajstić information content (AvgIpc) is 2.75. The number of thiazole rings is 1. The van der Waals surface area contributed by atoms with E-state index in [1.807, 2.05) is 0 Å². The Kier molecular flexibility index (Phi) is 2.93. The Hall–Kier alpha value is -2.13. The lowest BCUT2D eigenvalue weighted by atomic mass is 10.1. The molecule has 0 aliphatic carbocycles. The molecule has 0 saturated carbocycles. The minimum atomic E-state index is -0.658. The average molecular weight is 261 g/mol. The Morgan fingerprint density at radius 1 is 1.56 bits per heavy atom. The first-order chi connectivity index (χ1) is 8.44. The van der Waals surface area contributed by atoms with Crippen molar-refractivity contribution in [2.75, 3.05) is 5.32 Å². The van der Waals surface area contributed by atoms with Gasteiger partial charge in [-0.15, -0.1) is 17.8 Å². The molecule has 0 aliphatic rings. The molecule has 1 aromatic carbocycles. The molecule has 1 N–H and O–H groups in total. The van der Waals surface area contributed by atoms with Crippen LogP contribution < -0.4 is 5.32 Å². The molecular formula is C12H11N3O2S. The van der Waals surface area contributed by atoms with Crippen molar-refractivity contribution in [3.63, 3.8) is 0 Å². The van der Waals surface area contributed by atoms with E-state index in [1.54, 1.807) is 31.5 Å². The van der Waals surface area contributed by atoms with Crippen LogP contribution in [0.15, 0.2) is 17.6 Å². The van der Waals surface area contributed by atoms with E-state index in [0.717, 1.165) is 4.70 Å². The second kappa shape index (κ2) is 4.27. The summed E-state index contributed by atoms with van der Waals surface area (Å²) in [6, 6.07) is 3.46. The van der Waals surface area contributed by atoms with Gasteiger partial charge in [0.1, 0.15) is 5.69 Å². The van der Waals surface area contributed by atoms with Crippen LogP contribution in [0.4, 0.5) is 11.4 Å². The zero-order chi connectivity index (χ0) is 13.3. The molecule has 0 saturated heterocycles. The molecule has 0 bridgehead atoms. The number of hydrogen-bond acceptors (Lipinski definition) is 5. The van der Waals surface area contributed by atoms with Crippen LogP contribution in [-0.4, -0.2) is 15.4 Å². The third-order valence-corrected chi connectivity index (χ3v) is 3.26. The maximum atomic E-state index is 11.2. The number of nitro benzene ring substituents is 1. The van der Waals surface area contributed by atoms with Crippen LogP contribution in [-0.2, 0) is 0 Å². The van der Waals surface area contributed by atoms with Gasteiger partial charge in [0.25, 0.3) is 0 Å². The molecule has 6 heteroatoms. The largest absolute Gasteiger partial charge is 0.364 e. The lowest BCUT2D eigenvalue weighted by Gasteiger charge is -2.20. The maximum Gasteiger partial charge on any atom is 0.319 e. The molecule has 0 amide bonds. The van der Waals surface area contributed by atoms with Crippen molar-refractivity contribution in [2.24, 2.45) is 0 Å². The van der Waals surface area contributed by atoms with Crippen LogP contribution in [0.3, 0.4) is 0 Å². The third kappa shape index (κ3) is 2.13. The molecule has 2 rings (SSSR count). The predicted molar refractivity (Wildman–Crippen MR) is 72.8 cm³/mol. The van der Waals surface area contributed by atoms with Crippen molar-refractivity contribution < 1.29 is 4.92 Å². The summed E-state index contributed by atoms with van der Waals surface area (Å²) in [7, 11) is 0. The molecule has 0 aliphatic heterocycles. The van der Waals surface area contributed by atoms with Crippen molar-refractivity contribution in [1.82, 2.24) is 4.98 Å². The zero-order valence-electron chi connectivity index (χ0n) is 9.93. The van der Waals surface area contributed by atoms with Gasteiger partial charge in [-0.25, -0.2) is 4.98 Å². The standard InChI is InChI=1S/C12H11N3O2S/c1-4-12(2,3)14-8-5-6-9-10(13-7-18-9)11(8)15(16)17/h1,5-7,14H,2-3H3. The maximum absolute atomic E-state index is 11.2. The first-order valence-electron chi connectivity index (χ1n) is 5.21. The Morgan fingerprint density at radius 2 is 2.28 bits per heavy atom. The van der Waals surface area contributed by atoms with Crippen LogP contribution in [0, 0.1) is 22.5 Å². The summed E-state index contributed by atoms with van der Waals surface area (Å²) in [5, 5.41) is 14.2. The number of benzene rings is 1. The summed E-state index contributed by atoms with van der Waals surface area (Å²) < 4.78 is 0.783. The van der Waals surface area contributed by atoms with E-state index in [9.17, 15) is 10.1 Å². The zero-order valence-corrected chi connectivity index (χ0v) is 10.7. The van der Waals surface area contributed by atoms with E-state index < -0.39 is 10.5 Å². The van der Waals surface area contributed by atoms with E-state index in [2.05, 4.69) is 16.2 Å². The highest BCUT2D eigenvalue weighted by atomic mass is 32.1. The monoisotopic (exact) mass is 261 g/mol. The number of anilines is 1. The van der Waals surface area contributed by atoms with E-state index in [1.165, 1.54) is 11.3 Å². The smallest absolute Gasteiger partial charge is 0.319 e. The van der Waals surface area contributed by atoms with Gasteiger partial charge in [-0.2, -0.15) is 0 Å². The quantitative estimate of drug-likeness (QED) is 0.524. The Balaban J connectivity index is 2.61. The van der Waals surface area contributed by atoms with Gasteiger partial charge in [0.2, 0.25) is 0 Å². The molecule has 0 spiro atoms. The van der Waals surface area contributed by atoms with Gasteiger partial charge in [-0.05, 0) is 26.0 Å². The summed E-state index contributed by atoms with van der Waals surface area (Å²) in [4.78, 5) is 14.8. The number of fused-ring (bicyclic) bond motifs is 1. The first kappa shape index (κ1) is 12.3. The molecule has 0 radical (unpaired) electrons. The SMILES string of the molecule is C#CC(C)(C)Nc1ccc2scnc2c1[N+](=O)[O-]. The molecule has 18 heavy (non-hydrogen) atoms. The minimum Gasteiger partial charge on any atom is -0.364 e. The van der Waals surface area contributed by atoms with Crippen molar-refractivity contribution >= 4 is 32.9 Å². The highest BCUT2D eigenvalue weighted by Gasteiger charge is 2.24. The minimum absolute atomic E-state index is 0.0305. The topological polar surface area (TPSA) is 68.1 Å². The Labute approximate surface area is 108 Å². The first-order valence-corrected chi connectivity index (χ1v) is 6.09. The Morgan fingerprint density at radius 3 is 2.89 bits per heavy atom. The van der Waals surface area contributed by atoms with Gasteiger partial charge >= 0.3 is 5.69 Å².